The fraction of sp³-hybridized carbons (Fsp3) is 0.333. The summed E-state index contributed by atoms with van der Waals surface area (Å²) in [4.78, 5) is 1.26. The second-order valence-electron chi connectivity index (χ2n) is 4.71. The summed E-state index contributed by atoms with van der Waals surface area (Å²) in [6.07, 6.45) is 0.940. The van der Waals surface area contributed by atoms with Gasteiger partial charge in [0, 0.05) is 21.9 Å². The molecule has 1 aromatic heterocycles. The van der Waals surface area contributed by atoms with E-state index in [4.69, 9.17) is 16.3 Å². The zero-order chi connectivity index (χ0) is 14.1. The molecule has 1 aromatic carbocycles. The van der Waals surface area contributed by atoms with Gasteiger partial charge in [-0.05, 0) is 52.3 Å². The first-order valence-electron chi connectivity index (χ1n) is 6.62. The van der Waals surface area contributed by atoms with E-state index < -0.39 is 0 Å². The molecule has 0 spiro atoms. The summed E-state index contributed by atoms with van der Waals surface area (Å²) in [5.41, 5.74) is 2.35. The van der Waals surface area contributed by atoms with E-state index in [1.807, 2.05) is 12.1 Å². The Balaban J connectivity index is 2.08. The first-order chi connectivity index (χ1) is 9.69. The fourth-order valence-corrected chi connectivity index (χ4v) is 4.33. The van der Waals surface area contributed by atoms with Crippen molar-refractivity contribution in [3.8, 4) is 5.75 Å². The monoisotopic (exact) mass is 371 g/mol. The van der Waals surface area contributed by atoms with Gasteiger partial charge in [0.15, 0.2) is 0 Å². The molecule has 1 N–H and O–H groups in total. The largest absolute Gasteiger partial charge is 0.493 e. The number of benzene rings is 1. The Hall–Kier alpha value is -0.550. The Morgan fingerprint density at radius 1 is 1.45 bits per heavy atom. The van der Waals surface area contributed by atoms with Crippen molar-refractivity contribution >= 4 is 38.9 Å². The maximum atomic E-state index is 6.28. The molecule has 1 aliphatic rings. The number of hydrogen-bond donors (Lipinski definition) is 1. The average molecular weight is 373 g/mol. The second-order valence-corrected chi connectivity index (χ2v) is 7.65. The minimum absolute atomic E-state index is 0.127. The number of ether oxygens (including phenoxy) is 1. The molecule has 0 saturated heterocycles. The molecule has 3 rings (SSSR count). The Bertz CT molecular complexity index is 628. The smallest absolute Gasteiger partial charge is 0.127 e. The minimum Gasteiger partial charge on any atom is -0.493 e. The highest BCUT2D eigenvalue weighted by Gasteiger charge is 2.25. The van der Waals surface area contributed by atoms with Crippen LogP contribution >= 0.6 is 38.9 Å². The molecular weight excluding hydrogens is 358 g/mol. The van der Waals surface area contributed by atoms with Gasteiger partial charge in [-0.15, -0.1) is 11.3 Å². The van der Waals surface area contributed by atoms with Gasteiger partial charge in [0.2, 0.25) is 0 Å². The zero-order valence-corrected chi connectivity index (χ0v) is 14.2. The van der Waals surface area contributed by atoms with Crippen molar-refractivity contribution in [1.29, 1.82) is 0 Å². The molecule has 0 saturated carbocycles. The standard InChI is InChI=1S/C15H15BrClNOS/c1-2-18-14(12-3-4-13(16)20-12)11-8-10(17)7-9-5-6-19-15(9)11/h3-4,7-8,14,18H,2,5-6H2,1H3. The van der Waals surface area contributed by atoms with E-state index in [0.29, 0.717) is 0 Å². The molecule has 1 aliphatic heterocycles. The third-order valence-corrected chi connectivity index (χ3v) is 5.28. The van der Waals surface area contributed by atoms with Gasteiger partial charge in [0.1, 0.15) is 5.75 Å². The predicted molar refractivity (Wildman–Crippen MR) is 88.2 cm³/mol. The van der Waals surface area contributed by atoms with Crippen LogP contribution < -0.4 is 10.1 Å². The van der Waals surface area contributed by atoms with E-state index >= 15 is 0 Å². The van der Waals surface area contributed by atoms with E-state index in [2.05, 4.69) is 40.3 Å². The highest BCUT2D eigenvalue weighted by molar-refractivity contribution is 9.11. The lowest BCUT2D eigenvalue weighted by Crippen LogP contribution is -2.21. The summed E-state index contributed by atoms with van der Waals surface area (Å²) >= 11 is 11.5. The van der Waals surface area contributed by atoms with Gasteiger partial charge in [-0.25, -0.2) is 0 Å². The van der Waals surface area contributed by atoms with Crippen LogP contribution in [0.25, 0.3) is 0 Å². The van der Waals surface area contributed by atoms with Crippen LogP contribution in [-0.4, -0.2) is 13.2 Å². The SMILES string of the molecule is CCNC(c1ccc(Br)s1)c1cc(Cl)cc2c1OCC2. The van der Waals surface area contributed by atoms with Gasteiger partial charge >= 0.3 is 0 Å². The third-order valence-electron chi connectivity index (χ3n) is 3.37. The molecule has 0 aliphatic carbocycles. The molecule has 2 heterocycles. The van der Waals surface area contributed by atoms with Crippen molar-refractivity contribution in [3.63, 3.8) is 0 Å². The highest BCUT2D eigenvalue weighted by atomic mass is 79.9. The van der Waals surface area contributed by atoms with E-state index in [1.165, 1.54) is 10.4 Å². The zero-order valence-electron chi connectivity index (χ0n) is 11.1. The van der Waals surface area contributed by atoms with Crippen LogP contribution in [0.4, 0.5) is 0 Å². The Morgan fingerprint density at radius 2 is 2.30 bits per heavy atom. The maximum Gasteiger partial charge on any atom is 0.127 e. The van der Waals surface area contributed by atoms with Gasteiger partial charge in [0.25, 0.3) is 0 Å². The molecule has 0 bridgehead atoms. The highest BCUT2D eigenvalue weighted by Crippen LogP contribution is 2.40. The van der Waals surface area contributed by atoms with Gasteiger partial charge in [-0.1, -0.05) is 18.5 Å². The van der Waals surface area contributed by atoms with Crippen LogP contribution in [0.3, 0.4) is 0 Å². The number of hydrogen-bond acceptors (Lipinski definition) is 3. The van der Waals surface area contributed by atoms with Gasteiger partial charge in [-0.3, -0.25) is 0 Å². The van der Waals surface area contributed by atoms with Crippen molar-refractivity contribution in [3.05, 3.63) is 49.1 Å². The van der Waals surface area contributed by atoms with Crippen LogP contribution in [0.2, 0.25) is 5.02 Å². The predicted octanol–water partition coefficient (Wildman–Crippen LogP) is 4.80. The second kappa shape index (κ2) is 6.06. The van der Waals surface area contributed by atoms with Crippen molar-refractivity contribution in [1.82, 2.24) is 5.32 Å². The number of halogens is 2. The molecule has 5 heteroatoms. The van der Waals surface area contributed by atoms with E-state index in [1.54, 1.807) is 11.3 Å². The lowest BCUT2D eigenvalue weighted by molar-refractivity contribution is 0.351. The summed E-state index contributed by atoms with van der Waals surface area (Å²) < 4.78 is 6.97. The van der Waals surface area contributed by atoms with Crippen LogP contribution in [0.5, 0.6) is 5.75 Å². The Morgan fingerprint density at radius 3 is 3.00 bits per heavy atom. The first-order valence-corrected chi connectivity index (χ1v) is 8.61. The topological polar surface area (TPSA) is 21.3 Å². The lowest BCUT2D eigenvalue weighted by Gasteiger charge is -2.20. The van der Waals surface area contributed by atoms with Crippen molar-refractivity contribution in [2.24, 2.45) is 0 Å². The first kappa shape index (κ1) is 14.4. The third kappa shape index (κ3) is 2.75. The fourth-order valence-electron chi connectivity index (χ4n) is 2.56. The lowest BCUT2D eigenvalue weighted by atomic mass is 10.0. The summed E-state index contributed by atoms with van der Waals surface area (Å²) in [6.45, 7) is 3.75. The summed E-state index contributed by atoms with van der Waals surface area (Å²) in [6, 6.07) is 8.38. The Labute approximate surface area is 136 Å². The van der Waals surface area contributed by atoms with E-state index in [9.17, 15) is 0 Å². The number of nitrogens with one attached hydrogen (secondary N) is 1. The molecule has 106 valence electrons. The van der Waals surface area contributed by atoms with Gasteiger partial charge in [0.05, 0.1) is 16.4 Å². The Kier molecular flexibility index (Phi) is 4.36. The van der Waals surface area contributed by atoms with Crippen LogP contribution in [0, 0.1) is 0 Å². The molecule has 20 heavy (non-hydrogen) atoms. The maximum absolute atomic E-state index is 6.28. The van der Waals surface area contributed by atoms with Crippen LogP contribution in [0.15, 0.2) is 28.1 Å². The summed E-state index contributed by atoms with van der Waals surface area (Å²) in [7, 11) is 0. The van der Waals surface area contributed by atoms with E-state index in [0.717, 1.165) is 39.7 Å². The van der Waals surface area contributed by atoms with Crippen molar-refractivity contribution in [2.75, 3.05) is 13.2 Å². The molecule has 0 amide bonds. The van der Waals surface area contributed by atoms with Crippen molar-refractivity contribution in [2.45, 2.75) is 19.4 Å². The van der Waals surface area contributed by atoms with Crippen LogP contribution in [-0.2, 0) is 6.42 Å². The average Bonchev–Trinajstić information content (AvgIpc) is 3.03. The molecule has 0 radical (unpaired) electrons. The molecule has 1 atom stereocenters. The van der Waals surface area contributed by atoms with Gasteiger partial charge < -0.3 is 10.1 Å². The quantitative estimate of drug-likeness (QED) is 0.832. The summed E-state index contributed by atoms with van der Waals surface area (Å²) in [5.74, 6) is 1.00. The van der Waals surface area contributed by atoms with Crippen LogP contribution in [0.1, 0.15) is 29.0 Å². The summed E-state index contributed by atoms with van der Waals surface area (Å²) in [5, 5.41) is 4.32. The number of thiophene rings is 1. The molecule has 1 unspecified atom stereocenters. The normalized spacial score (nSPS) is 14.9. The molecule has 2 nitrogen and oxygen atoms in total. The molecule has 2 aromatic rings. The van der Waals surface area contributed by atoms with Crippen molar-refractivity contribution < 1.29 is 4.74 Å². The molecular formula is C15H15BrClNOS. The number of rotatable bonds is 4. The molecule has 0 fully saturated rings. The van der Waals surface area contributed by atoms with E-state index in [-0.39, 0.29) is 6.04 Å². The minimum atomic E-state index is 0.127. The number of fused-ring (bicyclic) bond motifs is 1. The van der Waals surface area contributed by atoms with Gasteiger partial charge in [-0.2, -0.15) is 0 Å².